The normalized spacial score (nSPS) is 29.2. The van der Waals surface area contributed by atoms with E-state index in [1.54, 1.807) is 12.3 Å². The number of halogens is 1. The Bertz CT molecular complexity index is 832. The standard InChI is InChI=1S/C17H18ClN3O3S/c18-14-3-1-13(2-4-14)10-21-8-6-17(12-21)11-20-25(22,23)16-9-19-7-5-15(16)24-17/h1-5,7,9H,6,8,10-12H2,(H-,20,22,23). The van der Waals surface area contributed by atoms with Gasteiger partial charge in [0.15, 0.2) is 16.1 Å². The summed E-state index contributed by atoms with van der Waals surface area (Å²) in [5.41, 5.74) is 0.604. The van der Waals surface area contributed by atoms with Gasteiger partial charge in [0, 0.05) is 43.3 Å². The molecule has 8 heteroatoms. The van der Waals surface area contributed by atoms with E-state index >= 15 is 0 Å². The molecule has 1 aromatic carbocycles. The van der Waals surface area contributed by atoms with Crippen molar-refractivity contribution >= 4 is 22.0 Å². The predicted octanol–water partition coefficient (Wildman–Crippen LogP) is 2.27. The van der Waals surface area contributed by atoms with Crippen LogP contribution in [0, 0.1) is 0 Å². The van der Waals surface area contributed by atoms with Gasteiger partial charge in [0.25, 0.3) is 0 Å². The van der Waals surface area contributed by atoms with Crippen LogP contribution in [0.5, 0.6) is 5.75 Å². The summed E-state index contributed by atoms with van der Waals surface area (Å²) in [4.78, 5) is 6.28. The van der Waals surface area contributed by atoms with Crippen LogP contribution in [-0.4, -0.2) is 39.7 Å². The third-order valence-electron chi connectivity index (χ3n) is 4.66. The fourth-order valence-electron chi connectivity index (χ4n) is 3.37. The Kier molecular flexibility index (Phi) is 4.29. The fourth-order valence-corrected chi connectivity index (χ4v) is 4.67. The summed E-state index contributed by atoms with van der Waals surface area (Å²) in [6, 6.07) is 9.38. The Balaban J connectivity index is 1.54. The molecule has 132 valence electrons. The smallest absolute Gasteiger partial charge is 0.235 e. The van der Waals surface area contributed by atoms with Crippen molar-refractivity contribution in [3.05, 3.63) is 53.3 Å². The monoisotopic (exact) mass is 379 g/mol. The van der Waals surface area contributed by atoms with E-state index in [1.807, 2.05) is 24.3 Å². The lowest BCUT2D eigenvalue weighted by Crippen LogP contribution is -2.48. The van der Waals surface area contributed by atoms with Crippen LogP contribution in [0.1, 0.15) is 12.0 Å². The van der Waals surface area contributed by atoms with Crippen molar-refractivity contribution in [3.8, 4) is 5.75 Å². The average molecular weight is 380 g/mol. The molecule has 0 aliphatic carbocycles. The van der Waals surface area contributed by atoms with Crippen molar-refractivity contribution in [1.29, 1.82) is 0 Å². The molecule has 0 saturated carbocycles. The number of rotatable bonds is 2. The van der Waals surface area contributed by atoms with Gasteiger partial charge in [-0.25, -0.2) is 0 Å². The van der Waals surface area contributed by atoms with E-state index in [4.69, 9.17) is 16.3 Å². The van der Waals surface area contributed by atoms with Gasteiger partial charge in [0.2, 0.25) is 4.90 Å². The quantitative estimate of drug-likeness (QED) is 0.810. The van der Waals surface area contributed by atoms with Gasteiger partial charge >= 0.3 is 0 Å². The highest BCUT2D eigenvalue weighted by Crippen LogP contribution is 2.36. The van der Waals surface area contributed by atoms with E-state index < -0.39 is 16.0 Å². The molecule has 2 atom stereocenters. The lowest BCUT2D eigenvalue weighted by molar-refractivity contribution is 0.0800. The summed E-state index contributed by atoms with van der Waals surface area (Å²) in [7, 11) is -3.59. The minimum Gasteiger partial charge on any atom is -0.593 e. The molecule has 3 heterocycles. The highest BCUT2D eigenvalue weighted by atomic mass is 35.5. The van der Waals surface area contributed by atoms with Gasteiger partial charge in [0.1, 0.15) is 5.60 Å². The molecule has 25 heavy (non-hydrogen) atoms. The third-order valence-corrected chi connectivity index (χ3v) is 6.32. The summed E-state index contributed by atoms with van der Waals surface area (Å²) in [6.45, 7) is 2.52. The Hall–Kier alpha value is -1.51. The highest BCUT2D eigenvalue weighted by molar-refractivity contribution is 7.95. The molecule has 1 N–H and O–H groups in total. The van der Waals surface area contributed by atoms with Crippen LogP contribution < -0.4 is 9.46 Å². The highest BCUT2D eigenvalue weighted by Gasteiger charge is 2.46. The molecule has 1 fully saturated rings. The largest absolute Gasteiger partial charge is 0.593 e. The second-order valence-corrected chi connectivity index (χ2v) is 8.69. The van der Waals surface area contributed by atoms with E-state index in [-0.39, 0.29) is 11.4 Å². The molecule has 2 unspecified atom stereocenters. The van der Waals surface area contributed by atoms with E-state index in [0.717, 1.165) is 19.5 Å². The minimum atomic E-state index is -3.59. The Morgan fingerprint density at radius 2 is 2.16 bits per heavy atom. The van der Waals surface area contributed by atoms with Crippen LogP contribution >= 0.6 is 11.6 Å². The number of fused-ring (bicyclic) bond motifs is 1. The zero-order chi connectivity index (χ0) is 17.5. The first-order valence-corrected chi connectivity index (χ1v) is 9.91. The molecule has 4 rings (SSSR count). The van der Waals surface area contributed by atoms with Gasteiger partial charge in [-0.2, -0.15) is 0 Å². The van der Waals surface area contributed by atoms with Crippen LogP contribution in [-0.2, 0) is 21.2 Å². The van der Waals surface area contributed by atoms with Crippen LogP contribution in [0.3, 0.4) is 0 Å². The maximum atomic E-state index is 12.4. The number of sulfonamides is 1. The Morgan fingerprint density at radius 1 is 1.36 bits per heavy atom. The van der Waals surface area contributed by atoms with Crippen LogP contribution in [0.15, 0.2) is 47.6 Å². The second-order valence-electron chi connectivity index (χ2n) is 6.52. The summed E-state index contributed by atoms with van der Waals surface area (Å²) < 4.78 is 33.6. The molecular formula is C17H18ClN3O3S. The van der Waals surface area contributed by atoms with Crippen LogP contribution in [0.25, 0.3) is 0 Å². The average Bonchev–Trinajstić information content (AvgIpc) is 2.94. The molecule has 6 nitrogen and oxygen atoms in total. The SMILES string of the molecule is O=[S+]1([O-])NCC2(CCN(Cc3ccc(Cl)cc3)C2)Oc2ccncc21. The van der Waals surface area contributed by atoms with Gasteiger partial charge < -0.3 is 9.29 Å². The number of pyridine rings is 1. The molecule has 0 amide bonds. The van der Waals surface area contributed by atoms with Gasteiger partial charge in [0.05, 0.1) is 12.7 Å². The summed E-state index contributed by atoms with van der Waals surface area (Å²) in [5, 5.41) is 0.716. The molecule has 1 aromatic heterocycles. The first kappa shape index (κ1) is 16.9. The summed E-state index contributed by atoms with van der Waals surface area (Å²) in [5.74, 6) is 0.369. The van der Waals surface area contributed by atoms with Crippen LogP contribution in [0.4, 0.5) is 0 Å². The van der Waals surface area contributed by atoms with Crippen molar-refractivity contribution in [3.63, 3.8) is 0 Å². The van der Waals surface area contributed by atoms with Gasteiger partial charge in [-0.05, 0) is 17.7 Å². The molecule has 2 aromatic rings. The number of ether oxygens (including phenoxy) is 1. The fraction of sp³-hybridized carbons (Fsp3) is 0.353. The topological polar surface area (TPSA) is 77.5 Å². The predicted molar refractivity (Wildman–Crippen MR) is 94.0 cm³/mol. The molecule has 2 aliphatic heterocycles. The van der Waals surface area contributed by atoms with Gasteiger partial charge in [-0.1, -0.05) is 27.9 Å². The van der Waals surface area contributed by atoms with Gasteiger partial charge in [-0.3, -0.25) is 9.88 Å². The van der Waals surface area contributed by atoms with E-state index in [9.17, 15) is 8.76 Å². The summed E-state index contributed by atoms with van der Waals surface area (Å²) >= 11 is 5.93. The molecule has 0 radical (unpaired) electrons. The van der Waals surface area contributed by atoms with Crippen molar-refractivity contribution in [2.75, 3.05) is 19.6 Å². The molecule has 1 saturated heterocycles. The van der Waals surface area contributed by atoms with E-state index in [1.165, 1.54) is 11.8 Å². The maximum Gasteiger partial charge on any atom is 0.235 e. The van der Waals surface area contributed by atoms with E-state index in [0.29, 0.717) is 17.3 Å². The zero-order valence-corrected chi connectivity index (χ0v) is 15.1. The van der Waals surface area contributed by atoms with Crippen molar-refractivity contribution < 1.29 is 13.5 Å². The first-order valence-electron chi connectivity index (χ1n) is 8.05. The Labute approximate surface area is 152 Å². The maximum absolute atomic E-state index is 12.4. The third kappa shape index (κ3) is 3.43. The van der Waals surface area contributed by atoms with Crippen molar-refractivity contribution in [2.45, 2.75) is 23.5 Å². The van der Waals surface area contributed by atoms with Crippen LogP contribution in [0.2, 0.25) is 5.02 Å². The molecular weight excluding hydrogens is 362 g/mol. The number of nitrogens with one attached hydrogen (secondary N) is 1. The number of likely N-dealkylation sites (tertiary alicyclic amines) is 1. The summed E-state index contributed by atoms with van der Waals surface area (Å²) in [6.07, 6.45) is 3.63. The Morgan fingerprint density at radius 3 is 2.96 bits per heavy atom. The van der Waals surface area contributed by atoms with Crippen molar-refractivity contribution in [1.82, 2.24) is 14.6 Å². The number of nitrogens with zero attached hydrogens (tertiary/aromatic N) is 2. The van der Waals surface area contributed by atoms with Gasteiger partial charge in [-0.15, -0.1) is 4.72 Å². The lowest BCUT2D eigenvalue weighted by atomic mass is 10.0. The molecule has 2 aliphatic rings. The number of hydrogen-bond donors (Lipinski definition) is 1. The minimum absolute atomic E-state index is 0.100. The first-order chi connectivity index (χ1) is 12.0. The second kappa shape index (κ2) is 6.34. The number of hydrogen-bond acceptors (Lipinski definition) is 5. The van der Waals surface area contributed by atoms with Crippen molar-refractivity contribution in [2.24, 2.45) is 0 Å². The number of benzene rings is 1. The zero-order valence-electron chi connectivity index (χ0n) is 13.5. The molecule has 1 spiro atoms. The number of aromatic nitrogens is 1. The van der Waals surface area contributed by atoms with E-state index in [2.05, 4.69) is 14.6 Å². The lowest BCUT2D eigenvalue weighted by Gasteiger charge is -2.28. The molecule has 0 bridgehead atoms.